The molecule has 40 heavy (non-hydrogen) atoms. The number of rotatable bonds is 9. The van der Waals surface area contributed by atoms with E-state index in [-0.39, 0.29) is 33.5 Å². The van der Waals surface area contributed by atoms with Gasteiger partial charge < -0.3 is 15.0 Å². The van der Waals surface area contributed by atoms with Crippen molar-refractivity contribution < 1.29 is 22.7 Å². The maximum absolute atomic E-state index is 13.2. The normalized spacial score (nSPS) is 16.4. The fraction of sp³-hybridized carbons (Fsp3) is 0.414. The molecule has 0 bridgehead atoms. The van der Waals surface area contributed by atoms with E-state index in [0.717, 1.165) is 50.0 Å². The standard InChI is InChI=1S/C29H31Cl2F3N4O2/c1-18-4-3-12-37-28(18)40-26(20-5-7-22(8-6-20)29(32,33)34)21-10-14-38(15-11-21)19(2)9-13-36-27(39)25-23(30)16-35-17-24(25)31/h3-8,12,16-17,19,21,26H,9-11,13-15H2,1-2H3,(H,36,39). The van der Waals surface area contributed by atoms with E-state index in [1.165, 1.54) is 24.5 Å². The molecule has 1 aliphatic rings. The second-order valence-corrected chi connectivity index (χ2v) is 10.8. The van der Waals surface area contributed by atoms with Crippen molar-refractivity contribution in [2.45, 2.75) is 51.4 Å². The topological polar surface area (TPSA) is 67.3 Å². The second kappa shape index (κ2) is 13.2. The summed E-state index contributed by atoms with van der Waals surface area (Å²) in [6.45, 7) is 6.05. The molecule has 1 fully saturated rings. The highest BCUT2D eigenvalue weighted by atomic mass is 35.5. The number of amides is 1. The number of ether oxygens (including phenoxy) is 1. The largest absolute Gasteiger partial charge is 0.469 e. The number of nitrogens with zero attached hydrogens (tertiary/aromatic N) is 3. The molecule has 2 unspecified atom stereocenters. The molecule has 6 nitrogen and oxygen atoms in total. The van der Waals surface area contributed by atoms with Gasteiger partial charge in [-0.25, -0.2) is 4.98 Å². The third-order valence-electron chi connectivity index (χ3n) is 7.32. The molecule has 3 heterocycles. The lowest BCUT2D eigenvalue weighted by molar-refractivity contribution is -0.137. The maximum atomic E-state index is 13.2. The number of carbonyl (C=O) groups is 1. The van der Waals surface area contributed by atoms with Gasteiger partial charge >= 0.3 is 6.18 Å². The summed E-state index contributed by atoms with van der Waals surface area (Å²) in [5.41, 5.74) is 1.08. The second-order valence-electron chi connectivity index (χ2n) is 10.0. The van der Waals surface area contributed by atoms with E-state index >= 15 is 0 Å². The summed E-state index contributed by atoms with van der Waals surface area (Å²) in [6.07, 6.45) is 1.91. The van der Waals surface area contributed by atoms with Crippen LogP contribution in [0.2, 0.25) is 10.0 Å². The number of carbonyl (C=O) groups excluding carboxylic acids is 1. The highest BCUT2D eigenvalue weighted by Gasteiger charge is 2.33. The first-order valence-corrected chi connectivity index (χ1v) is 13.9. The number of hydrogen-bond acceptors (Lipinski definition) is 5. The van der Waals surface area contributed by atoms with Gasteiger partial charge in [-0.1, -0.05) is 41.4 Å². The molecule has 1 N–H and O–H groups in total. The van der Waals surface area contributed by atoms with Crippen LogP contribution in [-0.2, 0) is 6.18 Å². The van der Waals surface area contributed by atoms with Crippen molar-refractivity contribution in [2.24, 2.45) is 5.92 Å². The van der Waals surface area contributed by atoms with E-state index in [4.69, 9.17) is 27.9 Å². The minimum absolute atomic E-state index is 0.0947. The van der Waals surface area contributed by atoms with Crippen LogP contribution in [0.15, 0.2) is 55.0 Å². The average molecular weight is 595 g/mol. The zero-order chi connectivity index (χ0) is 28.9. The number of aryl methyl sites for hydroxylation is 1. The van der Waals surface area contributed by atoms with Crippen LogP contribution >= 0.6 is 23.2 Å². The lowest BCUT2D eigenvalue weighted by Gasteiger charge is -2.39. The van der Waals surface area contributed by atoms with Crippen LogP contribution in [0.3, 0.4) is 0 Å². The first kappa shape index (κ1) is 30.1. The Kier molecular flexibility index (Phi) is 9.92. The Balaban J connectivity index is 1.37. The van der Waals surface area contributed by atoms with Crippen molar-refractivity contribution >= 4 is 29.1 Å². The quantitative estimate of drug-likeness (QED) is 0.285. The molecule has 11 heteroatoms. The van der Waals surface area contributed by atoms with Gasteiger partial charge in [-0.05, 0) is 70.0 Å². The fourth-order valence-electron chi connectivity index (χ4n) is 4.97. The molecule has 1 aliphatic heterocycles. The Bertz CT molecular complexity index is 1280. The number of alkyl halides is 3. The van der Waals surface area contributed by atoms with Crippen LogP contribution in [0.1, 0.15) is 59.3 Å². The van der Waals surface area contributed by atoms with Crippen molar-refractivity contribution in [1.29, 1.82) is 0 Å². The van der Waals surface area contributed by atoms with E-state index in [9.17, 15) is 18.0 Å². The maximum Gasteiger partial charge on any atom is 0.416 e. The molecule has 1 amide bonds. The first-order valence-electron chi connectivity index (χ1n) is 13.1. The minimum atomic E-state index is -4.40. The zero-order valence-corrected chi connectivity index (χ0v) is 23.7. The van der Waals surface area contributed by atoms with E-state index < -0.39 is 17.8 Å². The van der Waals surface area contributed by atoms with E-state index in [0.29, 0.717) is 18.0 Å². The van der Waals surface area contributed by atoms with Crippen LogP contribution in [0.5, 0.6) is 5.88 Å². The average Bonchev–Trinajstić information content (AvgIpc) is 2.92. The van der Waals surface area contributed by atoms with Crippen molar-refractivity contribution in [3.05, 3.63) is 87.3 Å². The van der Waals surface area contributed by atoms with Crippen molar-refractivity contribution in [2.75, 3.05) is 19.6 Å². The Hall–Kier alpha value is -2.88. The number of halogens is 5. The molecule has 0 radical (unpaired) electrons. The Morgan fingerprint density at radius 3 is 2.38 bits per heavy atom. The van der Waals surface area contributed by atoms with Gasteiger partial charge in [-0.3, -0.25) is 9.78 Å². The third kappa shape index (κ3) is 7.44. The lowest BCUT2D eigenvalue weighted by atomic mass is 9.86. The van der Waals surface area contributed by atoms with E-state index in [2.05, 4.69) is 27.1 Å². The summed E-state index contributed by atoms with van der Waals surface area (Å²) in [4.78, 5) is 23.1. The predicted molar refractivity (Wildman–Crippen MR) is 149 cm³/mol. The predicted octanol–water partition coefficient (Wildman–Crippen LogP) is 7.15. The van der Waals surface area contributed by atoms with Crippen molar-refractivity contribution in [3.8, 4) is 5.88 Å². The smallest absolute Gasteiger partial charge is 0.416 e. The van der Waals surface area contributed by atoms with Crippen molar-refractivity contribution in [1.82, 2.24) is 20.2 Å². The molecule has 1 saturated heterocycles. The number of likely N-dealkylation sites (tertiary alicyclic amines) is 1. The summed E-state index contributed by atoms with van der Waals surface area (Å²) in [7, 11) is 0. The fourth-order valence-corrected chi connectivity index (χ4v) is 5.51. The molecule has 0 spiro atoms. The molecule has 2 aromatic heterocycles. The molecule has 1 aromatic carbocycles. The van der Waals surface area contributed by atoms with Gasteiger partial charge in [0.1, 0.15) is 6.10 Å². The van der Waals surface area contributed by atoms with Gasteiger partial charge in [0, 0.05) is 42.7 Å². The monoisotopic (exact) mass is 594 g/mol. The Morgan fingerprint density at radius 1 is 1.12 bits per heavy atom. The Labute approximate surface area is 241 Å². The number of aromatic nitrogens is 2. The van der Waals surface area contributed by atoms with E-state index in [1.807, 2.05) is 19.1 Å². The summed E-state index contributed by atoms with van der Waals surface area (Å²) >= 11 is 12.2. The zero-order valence-electron chi connectivity index (χ0n) is 22.2. The van der Waals surface area contributed by atoms with E-state index in [1.54, 1.807) is 6.20 Å². The van der Waals surface area contributed by atoms with Crippen LogP contribution in [0.4, 0.5) is 13.2 Å². The molecule has 4 rings (SSSR count). The van der Waals surface area contributed by atoms with Gasteiger partial charge in [0.2, 0.25) is 5.88 Å². The molecule has 0 saturated carbocycles. The number of pyridine rings is 2. The van der Waals surface area contributed by atoms with Gasteiger partial charge in [0.15, 0.2) is 0 Å². The van der Waals surface area contributed by atoms with Gasteiger partial charge in [-0.15, -0.1) is 0 Å². The number of nitrogens with one attached hydrogen (secondary N) is 1. The molecular weight excluding hydrogens is 564 g/mol. The highest BCUT2D eigenvalue weighted by Crippen LogP contribution is 2.37. The summed E-state index contributed by atoms with van der Waals surface area (Å²) in [6, 6.07) is 9.14. The summed E-state index contributed by atoms with van der Waals surface area (Å²) in [5, 5.41) is 3.28. The molecule has 0 aliphatic carbocycles. The first-order chi connectivity index (χ1) is 19.0. The lowest BCUT2D eigenvalue weighted by Crippen LogP contribution is -2.43. The molecule has 2 atom stereocenters. The minimum Gasteiger partial charge on any atom is -0.469 e. The number of hydrogen-bond donors (Lipinski definition) is 1. The van der Waals surface area contributed by atoms with Crippen LogP contribution in [0.25, 0.3) is 0 Å². The molecular formula is C29H31Cl2F3N4O2. The van der Waals surface area contributed by atoms with Crippen LogP contribution in [0, 0.1) is 12.8 Å². The van der Waals surface area contributed by atoms with Gasteiger partial charge in [-0.2, -0.15) is 13.2 Å². The Morgan fingerprint density at radius 2 is 1.77 bits per heavy atom. The molecule has 214 valence electrons. The number of benzene rings is 1. The number of piperidine rings is 1. The van der Waals surface area contributed by atoms with Gasteiger partial charge in [0.05, 0.1) is 21.2 Å². The summed E-state index contributed by atoms with van der Waals surface area (Å²) in [5.74, 6) is 0.232. The van der Waals surface area contributed by atoms with Gasteiger partial charge in [0.25, 0.3) is 5.91 Å². The van der Waals surface area contributed by atoms with Crippen molar-refractivity contribution in [3.63, 3.8) is 0 Å². The summed E-state index contributed by atoms with van der Waals surface area (Å²) < 4.78 is 45.9. The molecule has 3 aromatic rings. The SMILES string of the molecule is Cc1cccnc1OC(c1ccc(C(F)(F)F)cc1)C1CCN(C(C)CCNC(=O)c2c(Cl)cncc2Cl)CC1. The van der Waals surface area contributed by atoms with Crippen LogP contribution in [-0.4, -0.2) is 46.5 Å². The van der Waals surface area contributed by atoms with Crippen LogP contribution < -0.4 is 10.1 Å². The highest BCUT2D eigenvalue weighted by molar-refractivity contribution is 6.39. The third-order valence-corrected chi connectivity index (χ3v) is 7.89.